The molecule has 6 heteroatoms. The van der Waals surface area contributed by atoms with Crippen molar-refractivity contribution in [3.63, 3.8) is 0 Å². The molecule has 106 valence electrons. The molecule has 0 aliphatic carbocycles. The third kappa shape index (κ3) is 2.58. The second-order valence-electron chi connectivity index (χ2n) is 4.92. The minimum absolute atomic E-state index is 0.223. The quantitative estimate of drug-likeness (QED) is 0.824. The lowest BCUT2D eigenvalue weighted by Crippen LogP contribution is -2.33. The monoisotopic (exact) mass is 266 g/mol. The molecule has 1 aliphatic rings. The third-order valence-electron chi connectivity index (χ3n) is 3.87. The van der Waals surface area contributed by atoms with Gasteiger partial charge in [-0.1, -0.05) is 6.92 Å². The van der Waals surface area contributed by atoms with E-state index in [9.17, 15) is 4.79 Å². The average molecular weight is 266 g/mol. The Morgan fingerprint density at radius 3 is 2.95 bits per heavy atom. The van der Waals surface area contributed by atoms with Crippen molar-refractivity contribution in [2.24, 2.45) is 0 Å². The van der Waals surface area contributed by atoms with Gasteiger partial charge in [0.1, 0.15) is 11.6 Å². The van der Waals surface area contributed by atoms with Gasteiger partial charge >= 0.3 is 5.97 Å². The van der Waals surface area contributed by atoms with Gasteiger partial charge in [0.05, 0.1) is 7.11 Å². The zero-order valence-corrected chi connectivity index (χ0v) is 11.8. The summed E-state index contributed by atoms with van der Waals surface area (Å²) in [5.74, 6) is 0.700. The van der Waals surface area contributed by atoms with Crippen LogP contribution >= 0.6 is 0 Å². The van der Waals surface area contributed by atoms with Crippen molar-refractivity contribution in [2.45, 2.75) is 39.3 Å². The summed E-state index contributed by atoms with van der Waals surface area (Å²) in [6, 6.07) is 0.477. The van der Waals surface area contributed by atoms with Gasteiger partial charge in [-0.25, -0.2) is 9.78 Å². The van der Waals surface area contributed by atoms with Crippen LogP contribution in [0.3, 0.4) is 0 Å². The number of aryl methyl sites for hydroxylation is 1. The summed E-state index contributed by atoms with van der Waals surface area (Å²) in [4.78, 5) is 18.2. The first-order valence-corrected chi connectivity index (χ1v) is 6.73. The highest BCUT2D eigenvalue weighted by Crippen LogP contribution is 2.22. The number of nitrogens with zero attached hydrogens (tertiary/aromatic N) is 3. The number of aromatic nitrogens is 2. The fourth-order valence-electron chi connectivity index (χ4n) is 2.79. The maximum atomic E-state index is 11.6. The number of imidazole rings is 1. The summed E-state index contributed by atoms with van der Waals surface area (Å²) in [6.45, 7) is 7.01. The van der Waals surface area contributed by atoms with Gasteiger partial charge in [0.15, 0.2) is 5.69 Å². The normalized spacial score (nSPS) is 19.8. The molecule has 1 aromatic heterocycles. The molecule has 1 atom stereocenters. The highest BCUT2D eigenvalue weighted by atomic mass is 16.5. The number of nitrogens with two attached hydrogens (primary N) is 1. The van der Waals surface area contributed by atoms with Gasteiger partial charge in [0.2, 0.25) is 0 Å². The first-order chi connectivity index (χ1) is 9.08. The Hall–Kier alpha value is -1.56. The highest BCUT2D eigenvalue weighted by molar-refractivity contribution is 5.92. The lowest BCUT2D eigenvalue weighted by Gasteiger charge is -2.24. The molecule has 1 unspecified atom stereocenters. The fourth-order valence-corrected chi connectivity index (χ4v) is 2.79. The number of likely N-dealkylation sites (N-methyl/N-ethyl adjacent to an activating group) is 1. The number of hydrogen-bond acceptors (Lipinski definition) is 5. The summed E-state index contributed by atoms with van der Waals surface area (Å²) in [5.41, 5.74) is 6.25. The first kappa shape index (κ1) is 13.9. The molecule has 6 nitrogen and oxygen atoms in total. The van der Waals surface area contributed by atoms with E-state index in [1.165, 1.54) is 20.0 Å². The molecule has 0 radical (unpaired) electrons. The number of anilines is 1. The first-order valence-electron chi connectivity index (χ1n) is 6.73. The molecular formula is C13H22N4O2. The summed E-state index contributed by atoms with van der Waals surface area (Å²) in [6.07, 6.45) is 2.38. The van der Waals surface area contributed by atoms with E-state index in [2.05, 4.69) is 16.8 Å². The topological polar surface area (TPSA) is 73.4 Å². The maximum Gasteiger partial charge on any atom is 0.360 e. The van der Waals surface area contributed by atoms with Crippen LogP contribution in [0.5, 0.6) is 0 Å². The van der Waals surface area contributed by atoms with Crippen molar-refractivity contribution in [3.8, 4) is 0 Å². The molecule has 1 aliphatic heterocycles. The van der Waals surface area contributed by atoms with Gasteiger partial charge in [-0.3, -0.25) is 4.90 Å². The molecule has 2 N–H and O–H groups in total. The van der Waals surface area contributed by atoms with Crippen molar-refractivity contribution >= 4 is 11.8 Å². The summed E-state index contributed by atoms with van der Waals surface area (Å²) in [7, 11) is 1.34. The number of rotatable bonds is 4. The molecule has 1 aromatic rings. The van der Waals surface area contributed by atoms with Crippen molar-refractivity contribution < 1.29 is 9.53 Å². The molecule has 0 spiro atoms. The number of nitrogen functional groups attached to an aromatic ring is 1. The van der Waals surface area contributed by atoms with Crippen LogP contribution in [0.25, 0.3) is 0 Å². The van der Waals surface area contributed by atoms with Crippen LogP contribution in [0.1, 0.15) is 36.1 Å². The molecule has 1 fully saturated rings. The molecule has 1 saturated heterocycles. The molecular weight excluding hydrogens is 244 g/mol. The molecule has 0 saturated carbocycles. The number of carbonyl (C=O) groups excluding carboxylic acids is 1. The highest BCUT2D eigenvalue weighted by Gasteiger charge is 2.26. The predicted octanol–water partition coefficient (Wildman–Crippen LogP) is 1.04. The number of ether oxygens (including phenoxy) is 1. The fraction of sp³-hybridized carbons (Fsp3) is 0.692. The van der Waals surface area contributed by atoms with Crippen LogP contribution in [0.2, 0.25) is 0 Å². The van der Waals surface area contributed by atoms with Crippen LogP contribution in [-0.4, -0.2) is 46.7 Å². The Bertz CT molecular complexity index is 469. The van der Waals surface area contributed by atoms with E-state index in [1.54, 1.807) is 0 Å². The summed E-state index contributed by atoms with van der Waals surface area (Å²) in [5, 5.41) is 0. The van der Waals surface area contributed by atoms with E-state index < -0.39 is 5.97 Å². The summed E-state index contributed by atoms with van der Waals surface area (Å²) >= 11 is 0. The van der Waals surface area contributed by atoms with Crippen molar-refractivity contribution in [2.75, 3.05) is 25.9 Å². The van der Waals surface area contributed by atoms with Crippen LogP contribution < -0.4 is 5.73 Å². The largest absolute Gasteiger partial charge is 0.464 e. The Morgan fingerprint density at radius 1 is 1.58 bits per heavy atom. The van der Waals surface area contributed by atoms with Crippen molar-refractivity contribution in [1.29, 1.82) is 0 Å². The van der Waals surface area contributed by atoms with Gasteiger partial charge in [-0.15, -0.1) is 0 Å². The van der Waals surface area contributed by atoms with E-state index in [-0.39, 0.29) is 5.69 Å². The molecule has 0 aromatic carbocycles. The van der Waals surface area contributed by atoms with Gasteiger partial charge in [-0.2, -0.15) is 0 Å². The summed E-state index contributed by atoms with van der Waals surface area (Å²) < 4.78 is 6.61. The van der Waals surface area contributed by atoms with Crippen molar-refractivity contribution in [3.05, 3.63) is 11.5 Å². The second kappa shape index (κ2) is 5.61. The molecule has 2 heterocycles. The third-order valence-corrected chi connectivity index (χ3v) is 3.87. The average Bonchev–Trinajstić information content (AvgIpc) is 2.97. The lowest BCUT2D eigenvalue weighted by atomic mass is 10.2. The van der Waals surface area contributed by atoms with E-state index in [0.717, 1.165) is 25.5 Å². The van der Waals surface area contributed by atoms with Crippen LogP contribution in [0.4, 0.5) is 5.82 Å². The Labute approximate surface area is 113 Å². The van der Waals surface area contributed by atoms with Gasteiger partial charge < -0.3 is 15.0 Å². The Kier molecular flexibility index (Phi) is 4.09. The standard InChI is InChI=1S/C13H22N4O2/c1-4-16-7-5-6-10(16)8-17-9(2)15-11(12(17)14)13(18)19-3/h10H,4-8,14H2,1-3H3. The van der Waals surface area contributed by atoms with Gasteiger partial charge in [-0.05, 0) is 32.9 Å². The van der Waals surface area contributed by atoms with Crippen molar-refractivity contribution in [1.82, 2.24) is 14.5 Å². The van der Waals surface area contributed by atoms with Crippen LogP contribution in [0, 0.1) is 6.92 Å². The Balaban J connectivity index is 2.21. The zero-order valence-electron chi connectivity index (χ0n) is 11.8. The maximum absolute atomic E-state index is 11.6. The molecule has 0 amide bonds. The second-order valence-corrected chi connectivity index (χ2v) is 4.92. The van der Waals surface area contributed by atoms with Gasteiger partial charge in [0.25, 0.3) is 0 Å². The number of methoxy groups -OCH3 is 1. The minimum Gasteiger partial charge on any atom is -0.464 e. The number of hydrogen-bond donors (Lipinski definition) is 1. The zero-order chi connectivity index (χ0) is 14.0. The number of likely N-dealkylation sites (tertiary alicyclic amines) is 1. The van der Waals surface area contributed by atoms with E-state index in [4.69, 9.17) is 10.5 Å². The predicted molar refractivity (Wildman–Crippen MR) is 73.0 cm³/mol. The molecule has 2 rings (SSSR count). The van der Waals surface area contributed by atoms with E-state index >= 15 is 0 Å². The number of carbonyl (C=O) groups is 1. The minimum atomic E-state index is -0.474. The van der Waals surface area contributed by atoms with Gasteiger partial charge in [0, 0.05) is 12.6 Å². The SMILES string of the molecule is CCN1CCCC1Cn1c(C)nc(C(=O)OC)c1N. The molecule has 19 heavy (non-hydrogen) atoms. The lowest BCUT2D eigenvalue weighted by molar-refractivity contribution is 0.0595. The number of esters is 1. The van der Waals surface area contributed by atoms with E-state index in [0.29, 0.717) is 11.9 Å². The Morgan fingerprint density at radius 2 is 2.32 bits per heavy atom. The van der Waals surface area contributed by atoms with Crippen LogP contribution in [0.15, 0.2) is 0 Å². The van der Waals surface area contributed by atoms with E-state index in [1.807, 2.05) is 11.5 Å². The smallest absolute Gasteiger partial charge is 0.360 e. The molecule has 0 bridgehead atoms. The van der Waals surface area contributed by atoms with Crippen LogP contribution in [-0.2, 0) is 11.3 Å².